The Kier molecular flexibility index (Phi) is 2.07. The molecule has 4 heteroatoms. The van der Waals surface area contributed by atoms with Crippen molar-refractivity contribution >= 4 is 11.7 Å². The molecule has 0 radical (unpaired) electrons. The number of hydrogen-bond acceptors (Lipinski definition) is 2. The number of carbonyl (C=O) groups excluding carboxylic acids is 1. The van der Waals surface area contributed by atoms with Gasteiger partial charge in [-0.2, -0.15) is 0 Å². The lowest BCUT2D eigenvalue weighted by Crippen LogP contribution is -2.39. The minimum absolute atomic E-state index is 0.0549. The Hall–Kier alpha value is -1.71. The SMILES string of the molecule is CN1C(=O)NCC1(C)c1ccccc1N. The summed E-state index contributed by atoms with van der Waals surface area (Å²) in [7, 11) is 1.79. The number of para-hydroxylation sites is 1. The normalized spacial score (nSPS) is 25.5. The molecule has 2 rings (SSSR count). The van der Waals surface area contributed by atoms with Crippen LogP contribution in [0.1, 0.15) is 12.5 Å². The van der Waals surface area contributed by atoms with Crippen LogP contribution in [0.25, 0.3) is 0 Å². The molecule has 0 aromatic heterocycles. The molecule has 15 heavy (non-hydrogen) atoms. The molecule has 0 aliphatic carbocycles. The molecule has 1 unspecified atom stereocenters. The summed E-state index contributed by atoms with van der Waals surface area (Å²) >= 11 is 0. The van der Waals surface area contributed by atoms with Crippen LogP contribution in [0.5, 0.6) is 0 Å². The van der Waals surface area contributed by atoms with Crippen molar-refractivity contribution in [2.75, 3.05) is 19.3 Å². The van der Waals surface area contributed by atoms with E-state index >= 15 is 0 Å². The maximum absolute atomic E-state index is 11.4. The van der Waals surface area contributed by atoms with Gasteiger partial charge in [-0.3, -0.25) is 0 Å². The Morgan fingerprint density at radius 1 is 1.47 bits per heavy atom. The number of anilines is 1. The molecule has 1 aromatic rings. The average molecular weight is 205 g/mol. The Balaban J connectivity index is 2.47. The van der Waals surface area contributed by atoms with Gasteiger partial charge in [0.1, 0.15) is 0 Å². The fraction of sp³-hybridized carbons (Fsp3) is 0.364. The van der Waals surface area contributed by atoms with Crippen molar-refractivity contribution in [1.29, 1.82) is 0 Å². The minimum Gasteiger partial charge on any atom is -0.398 e. The summed E-state index contributed by atoms with van der Waals surface area (Å²) in [4.78, 5) is 13.1. The van der Waals surface area contributed by atoms with E-state index in [2.05, 4.69) is 5.32 Å². The number of nitrogens with two attached hydrogens (primary N) is 1. The summed E-state index contributed by atoms with van der Waals surface area (Å²) in [6.45, 7) is 2.60. The summed E-state index contributed by atoms with van der Waals surface area (Å²) < 4.78 is 0. The predicted octanol–water partition coefficient (Wildman–Crippen LogP) is 1.14. The molecule has 3 N–H and O–H groups in total. The van der Waals surface area contributed by atoms with Crippen molar-refractivity contribution in [2.45, 2.75) is 12.5 Å². The van der Waals surface area contributed by atoms with Gasteiger partial charge in [0.15, 0.2) is 0 Å². The zero-order chi connectivity index (χ0) is 11.1. The predicted molar refractivity (Wildman–Crippen MR) is 59.4 cm³/mol. The molecule has 80 valence electrons. The molecule has 1 saturated heterocycles. The Morgan fingerprint density at radius 3 is 2.67 bits per heavy atom. The van der Waals surface area contributed by atoms with Gasteiger partial charge in [-0.25, -0.2) is 4.79 Å². The third-order valence-corrected chi connectivity index (χ3v) is 3.17. The molecular weight excluding hydrogens is 190 g/mol. The first kappa shape index (κ1) is 9.83. The summed E-state index contributed by atoms with van der Waals surface area (Å²) in [5, 5.41) is 2.82. The van der Waals surface area contributed by atoms with Crippen LogP contribution in [0.4, 0.5) is 10.5 Å². The van der Waals surface area contributed by atoms with Gasteiger partial charge in [0.2, 0.25) is 0 Å². The molecular formula is C11H15N3O. The molecule has 1 heterocycles. The van der Waals surface area contributed by atoms with Gasteiger partial charge in [-0.15, -0.1) is 0 Å². The minimum atomic E-state index is -0.345. The summed E-state index contributed by atoms with van der Waals surface area (Å²) in [6, 6.07) is 7.60. The highest BCUT2D eigenvalue weighted by Gasteiger charge is 2.41. The van der Waals surface area contributed by atoms with E-state index in [0.717, 1.165) is 11.3 Å². The molecule has 2 amide bonds. The molecule has 1 aromatic carbocycles. The topological polar surface area (TPSA) is 58.4 Å². The number of carbonyl (C=O) groups is 1. The maximum atomic E-state index is 11.4. The number of benzene rings is 1. The maximum Gasteiger partial charge on any atom is 0.318 e. The zero-order valence-corrected chi connectivity index (χ0v) is 8.95. The standard InChI is InChI=1S/C11H15N3O/c1-11(7-13-10(15)14(11)2)8-5-3-4-6-9(8)12/h3-6H,7,12H2,1-2H3,(H,13,15). The first-order valence-electron chi connectivity index (χ1n) is 4.92. The molecule has 0 saturated carbocycles. The van der Waals surface area contributed by atoms with Crippen molar-refractivity contribution in [1.82, 2.24) is 10.2 Å². The zero-order valence-electron chi connectivity index (χ0n) is 8.95. The molecule has 0 spiro atoms. The van der Waals surface area contributed by atoms with Crippen LogP contribution in [0.2, 0.25) is 0 Å². The van der Waals surface area contributed by atoms with Crippen molar-refractivity contribution in [2.24, 2.45) is 0 Å². The van der Waals surface area contributed by atoms with Gasteiger partial charge in [-0.05, 0) is 13.0 Å². The van der Waals surface area contributed by atoms with Crippen molar-refractivity contribution < 1.29 is 4.79 Å². The third kappa shape index (κ3) is 1.33. The number of nitrogens with zero attached hydrogens (tertiary/aromatic N) is 1. The van der Waals surface area contributed by atoms with E-state index in [0.29, 0.717) is 6.54 Å². The molecule has 0 bridgehead atoms. The Labute approximate surface area is 89.1 Å². The molecule has 1 atom stereocenters. The van der Waals surface area contributed by atoms with Gasteiger partial charge in [0.05, 0.1) is 5.54 Å². The molecule has 1 aliphatic heterocycles. The Bertz CT molecular complexity index is 405. The van der Waals surface area contributed by atoms with E-state index in [1.807, 2.05) is 31.2 Å². The molecule has 4 nitrogen and oxygen atoms in total. The molecule has 1 fully saturated rings. The highest BCUT2D eigenvalue weighted by Crippen LogP contribution is 2.33. The van der Waals surface area contributed by atoms with E-state index in [4.69, 9.17) is 5.73 Å². The smallest absolute Gasteiger partial charge is 0.318 e. The Morgan fingerprint density at radius 2 is 2.13 bits per heavy atom. The van der Waals surface area contributed by atoms with Crippen LogP contribution in [0.15, 0.2) is 24.3 Å². The van der Waals surface area contributed by atoms with E-state index in [1.54, 1.807) is 11.9 Å². The summed E-state index contributed by atoms with van der Waals surface area (Å²) in [6.07, 6.45) is 0. The van der Waals surface area contributed by atoms with Crippen LogP contribution >= 0.6 is 0 Å². The second-order valence-corrected chi connectivity index (χ2v) is 4.08. The van der Waals surface area contributed by atoms with Gasteiger partial charge in [0.25, 0.3) is 0 Å². The van der Waals surface area contributed by atoms with Crippen LogP contribution in [-0.2, 0) is 5.54 Å². The van der Waals surface area contributed by atoms with Crippen molar-refractivity contribution in [3.05, 3.63) is 29.8 Å². The summed E-state index contributed by atoms with van der Waals surface area (Å²) in [5.74, 6) is 0. The first-order chi connectivity index (χ1) is 7.05. The van der Waals surface area contributed by atoms with E-state index in [9.17, 15) is 4.79 Å². The molecule has 1 aliphatic rings. The number of amides is 2. The number of likely N-dealkylation sites (N-methyl/N-ethyl adjacent to an activating group) is 1. The number of rotatable bonds is 1. The van der Waals surface area contributed by atoms with E-state index in [1.165, 1.54) is 0 Å². The van der Waals surface area contributed by atoms with Gasteiger partial charge < -0.3 is 16.0 Å². The van der Waals surface area contributed by atoms with Crippen LogP contribution in [0.3, 0.4) is 0 Å². The van der Waals surface area contributed by atoms with Crippen LogP contribution < -0.4 is 11.1 Å². The van der Waals surface area contributed by atoms with Crippen molar-refractivity contribution in [3.8, 4) is 0 Å². The van der Waals surface area contributed by atoms with Crippen LogP contribution in [0, 0.1) is 0 Å². The number of urea groups is 1. The van der Waals surface area contributed by atoms with Crippen molar-refractivity contribution in [3.63, 3.8) is 0 Å². The number of nitrogen functional groups attached to an aromatic ring is 1. The van der Waals surface area contributed by atoms with Gasteiger partial charge in [0, 0.05) is 24.8 Å². The first-order valence-corrected chi connectivity index (χ1v) is 4.92. The average Bonchev–Trinajstić information content (AvgIpc) is 2.48. The fourth-order valence-electron chi connectivity index (χ4n) is 1.97. The second kappa shape index (κ2) is 3.15. The number of nitrogens with one attached hydrogen (secondary N) is 1. The van der Waals surface area contributed by atoms with Gasteiger partial charge >= 0.3 is 6.03 Å². The fourth-order valence-corrected chi connectivity index (χ4v) is 1.97. The lowest BCUT2D eigenvalue weighted by Gasteiger charge is -2.31. The highest BCUT2D eigenvalue weighted by atomic mass is 16.2. The second-order valence-electron chi connectivity index (χ2n) is 4.08. The number of hydrogen-bond donors (Lipinski definition) is 2. The quantitative estimate of drug-likeness (QED) is 0.675. The van der Waals surface area contributed by atoms with Gasteiger partial charge in [-0.1, -0.05) is 18.2 Å². The van der Waals surface area contributed by atoms with Crippen LogP contribution in [-0.4, -0.2) is 24.5 Å². The third-order valence-electron chi connectivity index (χ3n) is 3.17. The summed E-state index contributed by atoms with van der Waals surface area (Å²) in [5.41, 5.74) is 7.30. The lowest BCUT2D eigenvalue weighted by atomic mass is 9.90. The highest BCUT2D eigenvalue weighted by molar-refractivity contribution is 5.78. The largest absolute Gasteiger partial charge is 0.398 e. The van der Waals surface area contributed by atoms with E-state index < -0.39 is 0 Å². The van der Waals surface area contributed by atoms with E-state index in [-0.39, 0.29) is 11.6 Å². The lowest BCUT2D eigenvalue weighted by molar-refractivity contribution is 0.189. The monoisotopic (exact) mass is 205 g/mol.